The van der Waals surface area contributed by atoms with Crippen molar-refractivity contribution in [1.29, 1.82) is 0 Å². The summed E-state index contributed by atoms with van der Waals surface area (Å²) in [4.78, 5) is 0. The number of benzene rings is 1. The average Bonchev–Trinajstić information content (AvgIpc) is 2.74. The molecule has 0 aliphatic rings. The summed E-state index contributed by atoms with van der Waals surface area (Å²) < 4.78 is 40.0. The third-order valence-electron chi connectivity index (χ3n) is 2.03. The van der Waals surface area contributed by atoms with E-state index in [1.807, 2.05) is 0 Å². The molecule has 7 heteroatoms. The quantitative estimate of drug-likeness (QED) is 0.786. The van der Waals surface area contributed by atoms with Crippen molar-refractivity contribution in [3.05, 3.63) is 41.7 Å². The zero-order valence-corrected chi connectivity index (χ0v) is 7.86. The van der Waals surface area contributed by atoms with Gasteiger partial charge < -0.3 is 5.11 Å². The number of aliphatic hydroxyl groups is 1. The highest BCUT2D eigenvalue weighted by Gasteiger charge is 2.16. The number of hydrogen-bond acceptors (Lipinski definition) is 3. The van der Waals surface area contributed by atoms with Crippen LogP contribution in [0.4, 0.5) is 13.2 Å². The van der Waals surface area contributed by atoms with Gasteiger partial charge in [0.25, 0.3) is 0 Å². The molecule has 84 valence electrons. The van der Waals surface area contributed by atoms with Crippen LogP contribution >= 0.6 is 0 Å². The second-order valence-corrected chi connectivity index (χ2v) is 2.97. The van der Waals surface area contributed by atoms with Crippen molar-refractivity contribution in [2.24, 2.45) is 0 Å². The topological polar surface area (TPSA) is 50.9 Å². The van der Waals surface area contributed by atoms with Crippen LogP contribution in [-0.2, 0) is 6.61 Å². The van der Waals surface area contributed by atoms with E-state index < -0.39 is 24.1 Å². The maximum absolute atomic E-state index is 13.4. The van der Waals surface area contributed by atoms with E-state index in [2.05, 4.69) is 10.2 Å². The van der Waals surface area contributed by atoms with Crippen LogP contribution in [0.15, 0.2) is 18.5 Å². The van der Waals surface area contributed by atoms with Crippen LogP contribution in [0.2, 0.25) is 0 Å². The summed E-state index contributed by atoms with van der Waals surface area (Å²) in [7, 11) is 0. The zero-order valence-electron chi connectivity index (χ0n) is 7.86. The van der Waals surface area contributed by atoms with Gasteiger partial charge in [-0.05, 0) is 12.1 Å². The molecule has 0 amide bonds. The standard InChI is InChI=1S/C9H6F3N3O/c10-5-1-2-6(9(12)8(5)11)15-4-13-14-7(15)3-16/h1-2,4,16H,3H2. The molecule has 1 N–H and O–H groups in total. The molecule has 16 heavy (non-hydrogen) atoms. The molecule has 0 spiro atoms. The van der Waals surface area contributed by atoms with Crippen LogP contribution in [0.1, 0.15) is 5.82 Å². The number of rotatable bonds is 2. The predicted octanol–water partition coefficient (Wildman–Crippen LogP) is 1.18. The van der Waals surface area contributed by atoms with Gasteiger partial charge in [-0.25, -0.2) is 13.2 Å². The minimum Gasteiger partial charge on any atom is -0.388 e. The molecule has 0 fully saturated rings. The van der Waals surface area contributed by atoms with Gasteiger partial charge in [0.15, 0.2) is 23.3 Å². The Hall–Kier alpha value is -1.89. The fourth-order valence-electron chi connectivity index (χ4n) is 1.27. The van der Waals surface area contributed by atoms with Gasteiger partial charge in [-0.1, -0.05) is 0 Å². The monoisotopic (exact) mass is 229 g/mol. The number of halogens is 3. The maximum atomic E-state index is 13.4. The molecule has 0 aliphatic carbocycles. The van der Waals surface area contributed by atoms with E-state index in [1.165, 1.54) is 0 Å². The summed E-state index contributed by atoms with van der Waals surface area (Å²) in [6, 6.07) is 1.82. The molecular formula is C9H6F3N3O. The highest BCUT2D eigenvalue weighted by atomic mass is 19.2. The van der Waals surface area contributed by atoms with E-state index in [1.54, 1.807) is 0 Å². The Balaban J connectivity index is 2.61. The molecule has 1 aromatic carbocycles. The number of hydrogen-bond donors (Lipinski definition) is 1. The summed E-state index contributed by atoms with van der Waals surface area (Å²) in [5.41, 5.74) is -0.257. The Morgan fingerprint density at radius 1 is 1.19 bits per heavy atom. The van der Waals surface area contributed by atoms with Gasteiger partial charge in [0.05, 0.1) is 5.69 Å². The van der Waals surface area contributed by atoms with E-state index in [4.69, 9.17) is 5.11 Å². The highest BCUT2D eigenvalue weighted by Crippen LogP contribution is 2.19. The second kappa shape index (κ2) is 3.93. The lowest BCUT2D eigenvalue weighted by Gasteiger charge is -2.06. The van der Waals surface area contributed by atoms with Crippen molar-refractivity contribution in [1.82, 2.24) is 14.8 Å². The van der Waals surface area contributed by atoms with Crippen LogP contribution in [0.3, 0.4) is 0 Å². The summed E-state index contributed by atoms with van der Waals surface area (Å²) in [5, 5.41) is 15.8. The molecule has 0 bridgehead atoms. The lowest BCUT2D eigenvalue weighted by molar-refractivity contribution is 0.268. The van der Waals surface area contributed by atoms with Crippen molar-refractivity contribution < 1.29 is 18.3 Å². The molecule has 4 nitrogen and oxygen atoms in total. The first-order valence-corrected chi connectivity index (χ1v) is 4.28. The molecular weight excluding hydrogens is 223 g/mol. The average molecular weight is 229 g/mol. The molecule has 2 aromatic rings. The first-order chi connectivity index (χ1) is 7.65. The van der Waals surface area contributed by atoms with Gasteiger partial charge >= 0.3 is 0 Å². The Bertz CT molecular complexity index is 527. The van der Waals surface area contributed by atoms with Gasteiger partial charge in [-0.2, -0.15) is 0 Å². The first-order valence-electron chi connectivity index (χ1n) is 4.28. The zero-order chi connectivity index (χ0) is 11.7. The third-order valence-corrected chi connectivity index (χ3v) is 2.03. The van der Waals surface area contributed by atoms with E-state index >= 15 is 0 Å². The second-order valence-electron chi connectivity index (χ2n) is 2.97. The SMILES string of the molecule is OCc1nncn1-c1ccc(F)c(F)c1F. The summed E-state index contributed by atoms with van der Waals surface area (Å²) in [5.74, 6) is -4.17. The van der Waals surface area contributed by atoms with Crippen LogP contribution in [0.25, 0.3) is 5.69 Å². The van der Waals surface area contributed by atoms with E-state index in [0.717, 1.165) is 23.0 Å². The molecule has 0 atom stereocenters. The van der Waals surface area contributed by atoms with Gasteiger partial charge in [-0.3, -0.25) is 4.57 Å². The minimum absolute atomic E-state index is 0.0323. The Morgan fingerprint density at radius 2 is 1.94 bits per heavy atom. The third kappa shape index (κ3) is 1.54. The number of nitrogens with zero attached hydrogens (tertiary/aromatic N) is 3. The molecule has 1 aromatic heterocycles. The van der Waals surface area contributed by atoms with E-state index in [-0.39, 0.29) is 11.5 Å². The molecule has 0 aliphatic heterocycles. The number of aliphatic hydroxyl groups excluding tert-OH is 1. The van der Waals surface area contributed by atoms with Crippen molar-refractivity contribution >= 4 is 0 Å². The Morgan fingerprint density at radius 3 is 2.62 bits per heavy atom. The van der Waals surface area contributed by atoms with Crippen LogP contribution in [-0.4, -0.2) is 19.9 Å². The van der Waals surface area contributed by atoms with Crippen LogP contribution in [0, 0.1) is 17.5 Å². The van der Waals surface area contributed by atoms with Crippen LogP contribution < -0.4 is 0 Å². The van der Waals surface area contributed by atoms with Crippen molar-refractivity contribution in [3.8, 4) is 5.69 Å². The van der Waals surface area contributed by atoms with E-state index in [9.17, 15) is 13.2 Å². The molecule has 1 heterocycles. The van der Waals surface area contributed by atoms with E-state index in [0.29, 0.717) is 0 Å². The Kier molecular flexibility index (Phi) is 2.61. The molecule has 0 radical (unpaired) electrons. The van der Waals surface area contributed by atoms with Gasteiger partial charge in [-0.15, -0.1) is 10.2 Å². The number of aromatic nitrogens is 3. The fourth-order valence-corrected chi connectivity index (χ4v) is 1.27. The lowest BCUT2D eigenvalue weighted by atomic mass is 10.2. The first kappa shape index (κ1) is 10.6. The summed E-state index contributed by atoms with van der Waals surface area (Å²) in [6.45, 7) is -0.488. The predicted molar refractivity (Wildman–Crippen MR) is 47.2 cm³/mol. The lowest BCUT2D eigenvalue weighted by Crippen LogP contribution is -2.05. The largest absolute Gasteiger partial charge is 0.388 e. The van der Waals surface area contributed by atoms with Gasteiger partial charge in [0.2, 0.25) is 0 Å². The fraction of sp³-hybridized carbons (Fsp3) is 0.111. The van der Waals surface area contributed by atoms with Gasteiger partial charge in [0.1, 0.15) is 12.9 Å². The van der Waals surface area contributed by atoms with Gasteiger partial charge in [0, 0.05) is 0 Å². The molecule has 2 rings (SSSR count). The van der Waals surface area contributed by atoms with Crippen LogP contribution in [0.5, 0.6) is 0 Å². The molecule has 0 unspecified atom stereocenters. The minimum atomic E-state index is -1.57. The molecule has 0 saturated heterocycles. The van der Waals surface area contributed by atoms with Crippen molar-refractivity contribution in [3.63, 3.8) is 0 Å². The summed E-state index contributed by atoms with van der Waals surface area (Å²) in [6.07, 6.45) is 1.10. The normalized spacial score (nSPS) is 10.8. The molecule has 0 saturated carbocycles. The van der Waals surface area contributed by atoms with Crippen molar-refractivity contribution in [2.45, 2.75) is 6.61 Å². The Labute approximate surface area is 88.0 Å². The highest BCUT2D eigenvalue weighted by molar-refractivity contribution is 5.35. The maximum Gasteiger partial charge on any atom is 0.196 e. The summed E-state index contributed by atoms with van der Waals surface area (Å²) >= 11 is 0. The van der Waals surface area contributed by atoms with Crippen molar-refractivity contribution in [2.75, 3.05) is 0 Å². The smallest absolute Gasteiger partial charge is 0.196 e.